The summed E-state index contributed by atoms with van der Waals surface area (Å²) in [5.74, 6) is 1.51. The maximum absolute atomic E-state index is 12.0. The summed E-state index contributed by atoms with van der Waals surface area (Å²) in [6.07, 6.45) is 4.62. The number of benzene rings is 1. The molecule has 1 spiro atoms. The fourth-order valence-corrected chi connectivity index (χ4v) is 4.76. The van der Waals surface area contributed by atoms with E-state index in [0.717, 1.165) is 27.8 Å². The van der Waals surface area contributed by atoms with E-state index >= 15 is 0 Å². The molecule has 1 aliphatic carbocycles. The predicted molar refractivity (Wildman–Crippen MR) is 92.3 cm³/mol. The monoisotopic (exact) mass is 393 g/mol. The minimum atomic E-state index is -0.500. The van der Waals surface area contributed by atoms with Crippen molar-refractivity contribution in [3.05, 3.63) is 33.8 Å². The lowest BCUT2D eigenvalue weighted by molar-refractivity contribution is -0.129. The molecule has 3 aliphatic rings. The summed E-state index contributed by atoms with van der Waals surface area (Å²) in [5.41, 5.74) is 1.86. The van der Waals surface area contributed by atoms with Gasteiger partial charge in [-0.05, 0) is 18.1 Å². The summed E-state index contributed by atoms with van der Waals surface area (Å²) >= 11 is 3.65. The number of ether oxygens (including phenoxy) is 2. The number of carbonyl (C=O) groups excluding carboxylic acids is 1. The number of hydrogen-bond donors (Lipinski definition) is 1. The molecule has 1 N–H and O–H groups in total. The van der Waals surface area contributed by atoms with Crippen molar-refractivity contribution in [1.29, 1.82) is 0 Å². The number of aliphatic hydroxyl groups excluding tert-OH is 1. The van der Waals surface area contributed by atoms with E-state index in [4.69, 9.17) is 9.47 Å². The third-order valence-corrected chi connectivity index (χ3v) is 6.19. The topological polar surface area (TPSA) is 59.0 Å². The van der Waals surface area contributed by atoms with Gasteiger partial charge in [0.1, 0.15) is 6.10 Å². The minimum Gasteiger partial charge on any atom is -0.493 e. The Hall–Kier alpha value is -1.53. The van der Waals surface area contributed by atoms with Crippen LogP contribution in [0, 0.1) is 0 Å². The molecule has 24 heavy (non-hydrogen) atoms. The van der Waals surface area contributed by atoms with Crippen molar-refractivity contribution in [2.45, 2.75) is 43.9 Å². The van der Waals surface area contributed by atoms with E-state index in [2.05, 4.69) is 22.0 Å². The number of amides is 1. The number of aliphatic hydroxyl groups is 1. The molecule has 0 unspecified atom stereocenters. The Morgan fingerprint density at radius 3 is 3.04 bits per heavy atom. The predicted octanol–water partition coefficient (Wildman–Crippen LogP) is 2.53. The summed E-state index contributed by atoms with van der Waals surface area (Å²) in [6, 6.07) is 1.91. The zero-order valence-corrected chi connectivity index (χ0v) is 15.3. The maximum Gasteiger partial charge on any atom is 0.219 e. The van der Waals surface area contributed by atoms with Crippen molar-refractivity contribution in [1.82, 2.24) is 4.90 Å². The molecule has 4 rings (SSSR count). The number of hydrogen-bond acceptors (Lipinski definition) is 4. The lowest BCUT2D eigenvalue weighted by Crippen LogP contribution is -2.43. The Balaban J connectivity index is 1.97. The second-order valence-corrected chi connectivity index (χ2v) is 7.60. The van der Waals surface area contributed by atoms with Crippen LogP contribution in [0.2, 0.25) is 0 Å². The Bertz CT molecular complexity index is 747. The largest absolute Gasteiger partial charge is 0.493 e. The molecule has 2 heterocycles. The normalized spacial score (nSPS) is 30.2. The standard InChI is InChI=1S/C18H20BrNO4/c1-10(21)20-6-5-18-4-3-11(22)7-15(18)24-17-14(23-2)8-13(19)12(9-20)16(17)18/h3-4,8,11,15,22H,5-7,9H2,1-2H3/t11-,15-,18-/m1/s1. The van der Waals surface area contributed by atoms with E-state index in [1.807, 2.05) is 17.0 Å². The second-order valence-electron chi connectivity index (χ2n) is 6.74. The molecule has 0 fully saturated rings. The van der Waals surface area contributed by atoms with Crippen LogP contribution in [0.3, 0.4) is 0 Å². The first-order valence-corrected chi connectivity index (χ1v) is 8.95. The van der Waals surface area contributed by atoms with Crippen LogP contribution in [0.25, 0.3) is 0 Å². The Labute approximate surface area is 149 Å². The molecule has 1 aromatic carbocycles. The summed E-state index contributed by atoms with van der Waals surface area (Å²) in [6.45, 7) is 2.82. The van der Waals surface area contributed by atoms with Gasteiger partial charge in [0.25, 0.3) is 0 Å². The number of rotatable bonds is 1. The van der Waals surface area contributed by atoms with E-state index in [1.165, 1.54) is 0 Å². The molecule has 0 aromatic heterocycles. The van der Waals surface area contributed by atoms with E-state index in [1.54, 1.807) is 14.0 Å². The second kappa shape index (κ2) is 5.49. The number of carbonyl (C=O) groups is 1. The number of halogens is 1. The quantitative estimate of drug-likeness (QED) is 0.744. The van der Waals surface area contributed by atoms with Crippen LogP contribution in [0.4, 0.5) is 0 Å². The van der Waals surface area contributed by atoms with Gasteiger partial charge in [-0.15, -0.1) is 0 Å². The number of nitrogens with zero attached hydrogens (tertiary/aromatic N) is 1. The first-order valence-electron chi connectivity index (χ1n) is 8.15. The van der Waals surface area contributed by atoms with Crippen LogP contribution in [0.5, 0.6) is 11.5 Å². The Morgan fingerprint density at radius 1 is 1.54 bits per heavy atom. The molecule has 3 atom stereocenters. The van der Waals surface area contributed by atoms with Gasteiger partial charge >= 0.3 is 0 Å². The van der Waals surface area contributed by atoms with Crippen molar-refractivity contribution in [3.8, 4) is 11.5 Å². The highest BCUT2D eigenvalue weighted by atomic mass is 79.9. The van der Waals surface area contributed by atoms with Gasteiger partial charge in [0, 0.05) is 36.5 Å². The molecule has 128 valence electrons. The molecule has 0 saturated heterocycles. The zero-order chi connectivity index (χ0) is 17.1. The third kappa shape index (κ3) is 2.12. The fraction of sp³-hybridized carbons (Fsp3) is 0.500. The van der Waals surface area contributed by atoms with Gasteiger partial charge in [-0.1, -0.05) is 28.1 Å². The van der Waals surface area contributed by atoms with Crippen LogP contribution < -0.4 is 9.47 Å². The van der Waals surface area contributed by atoms with Crippen LogP contribution >= 0.6 is 15.9 Å². The maximum atomic E-state index is 12.0. The van der Waals surface area contributed by atoms with E-state index < -0.39 is 6.10 Å². The molecule has 1 aromatic rings. The van der Waals surface area contributed by atoms with Crippen molar-refractivity contribution in [3.63, 3.8) is 0 Å². The first-order chi connectivity index (χ1) is 11.5. The summed E-state index contributed by atoms with van der Waals surface area (Å²) in [4.78, 5) is 13.9. The molecular weight excluding hydrogens is 374 g/mol. The van der Waals surface area contributed by atoms with Gasteiger partial charge in [-0.2, -0.15) is 0 Å². The van der Waals surface area contributed by atoms with Crippen molar-refractivity contribution in [2.75, 3.05) is 13.7 Å². The molecular formula is C18H20BrNO4. The van der Waals surface area contributed by atoms with Crippen molar-refractivity contribution < 1.29 is 19.4 Å². The van der Waals surface area contributed by atoms with Crippen LogP contribution in [-0.4, -0.2) is 41.8 Å². The zero-order valence-electron chi connectivity index (χ0n) is 13.7. The van der Waals surface area contributed by atoms with Crippen molar-refractivity contribution in [2.24, 2.45) is 0 Å². The summed E-state index contributed by atoms with van der Waals surface area (Å²) in [7, 11) is 1.63. The SMILES string of the molecule is COc1cc(Br)c2c3c1O[C@@H]1C[C@H](O)C=C[C@]31CCN(C(C)=O)C2. The van der Waals surface area contributed by atoms with Crippen LogP contribution in [-0.2, 0) is 16.8 Å². The molecule has 6 heteroatoms. The third-order valence-electron chi connectivity index (χ3n) is 5.48. The highest BCUT2D eigenvalue weighted by molar-refractivity contribution is 9.10. The van der Waals surface area contributed by atoms with Gasteiger partial charge in [-0.3, -0.25) is 4.79 Å². The van der Waals surface area contributed by atoms with Gasteiger partial charge in [0.15, 0.2) is 11.5 Å². The first kappa shape index (κ1) is 16.0. The Kier molecular flexibility index (Phi) is 3.65. The molecule has 0 bridgehead atoms. The van der Waals surface area contributed by atoms with E-state index in [0.29, 0.717) is 25.3 Å². The minimum absolute atomic E-state index is 0.0696. The molecule has 2 aliphatic heterocycles. The van der Waals surface area contributed by atoms with Crippen LogP contribution in [0.15, 0.2) is 22.7 Å². The number of methoxy groups -OCH3 is 1. The van der Waals surface area contributed by atoms with Crippen LogP contribution in [0.1, 0.15) is 30.9 Å². The highest BCUT2D eigenvalue weighted by Crippen LogP contribution is 2.57. The summed E-state index contributed by atoms with van der Waals surface area (Å²) < 4.78 is 12.7. The van der Waals surface area contributed by atoms with Gasteiger partial charge in [0.2, 0.25) is 5.91 Å². The average Bonchev–Trinajstić information content (AvgIpc) is 2.76. The van der Waals surface area contributed by atoms with Gasteiger partial charge < -0.3 is 19.5 Å². The molecule has 5 nitrogen and oxygen atoms in total. The molecule has 1 amide bonds. The van der Waals surface area contributed by atoms with Crippen molar-refractivity contribution >= 4 is 21.8 Å². The van der Waals surface area contributed by atoms with E-state index in [-0.39, 0.29) is 17.4 Å². The molecule has 0 radical (unpaired) electrons. The smallest absolute Gasteiger partial charge is 0.219 e. The summed E-state index contributed by atoms with van der Waals surface area (Å²) in [5, 5.41) is 10.1. The lowest BCUT2D eigenvalue weighted by atomic mass is 9.69. The van der Waals surface area contributed by atoms with Gasteiger partial charge in [0.05, 0.1) is 18.6 Å². The molecule has 0 saturated carbocycles. The average molecular weight is 394 g/mol. The highest BCUT2D eigenvalue weighted by Gasteiger charge is 2.53. The fourth-order valence-electron chi connectivity index (χ4n) is 4.23. The Morgan fingerprint density at radius 2 is 2.33 bits per heavy atom. The van der Waals surface area contributed by atoms with E-state index in [9.17, 15) is 9.90 Å². The lowest BCUT2D eigenvalue weighted by Gasteiger charge is -2.35. The van der Waals surface area contributed by atoms with Gasteiger partial charge in [-0.25, -0.2) is 0 Å².